The Labute approximate surface area is 213 Å². The highest BCUT2D eigenvalue weighted by molar-refractivity contribution is 6.19. The maximum Gasteiger partial charge on any atom is 0.389 e. The zero-order valence-electron chi connectivity index (χ0n) is 19.8. The van der Waals surface area contributed by atoms with E-state index in [9.17, 15) is 40.7 Å². The quantitative estimate of drug-likeness (QED) is 0.410. The average molecular weight is 542 g/mol. The number of amides is 3. The minimum atomic E-state index is -4.76. The number of carbonyl (C=O) groups is 3. The van der Waals surface area contributed by atoms with Gasteiger partial charge < -0.3 is 16.4 Å². The number of nitrogens with one attached hydrogen (secondary N) is 2. The minimum absolute atomic E-state index is 0.278. The fourth-order valence-corrected chi connectivity index (χ4v) is 4.12. The van der Waals surface area contributed by atoms with E-state index in [-0.39, 0.29) is 5.71 Å². The summed E-state index contributed by atoms with van der Waals surface area (Å²) < 4.78 is 77.4. The number of rotatable bonds is 9. The molecule has 7 nitrogen and oxygen atoms in total. The first-order chi connectivity index (χ1) is 17.7. The van der Waals surface area contributed by atoms with Crippen LogP contribution in [0.2, 0.25) is 0 Å². The standard InChI is InChI=1S/C25H24F6N4O3/c26-24(27,28)12-10-15(20(32)36)16(11-13-25(29,30)31)22(37)35-21-23(38)33-18-9-5-4-8-17(18)19(34-21)14-6-2-1-3-7-14/h1-9,15-16,21H,10-13H2,(H2,32,36)(H,33,38)(H,35,37)/t15-,16+,21+/m0/s1. The Morgan fingerprint density at radius 2 is 1.45 bits per heavy atom. The van der Waals surface area contributed by atoms with E-state index in [0.717, 1.165) is 0 Å². The van der Waals surface area contributed by atoms with Crippen LogP contribution in [-0.4, -0.2) is 42.0 Å². The second-order valence-electron chi connectivity index (χ2n) is 8.71. The van der Waals surface area contributed by atoms with Crippen LogP contribution in [0.15, 0.2) is 59.6 Å². The van der Waals surface area contributed by atoms with E-state index in [1.165, 1.54) is 0 Å². The molecule has 4 N–H and O–H groups in total. The average Bonchev–Trinajstić information content (AvgIpc) is 2.96. The molecule has 13 heteroatoms. The summed E-state index contributed by atoms with van der Waals surface area (Å²) in [5, 5.41) is 4.80. The van der Waals surface area contributed by atoms with Crippen LogP contribution in [0.4, 0.5) is 32.0 Å². The highest BCUT2D eigenvalue weighted by Gasteiger charge is 2.40. The van der Waals surface area contributed by atoms with Gasteiger partial charge in [0.2, 0.25) is 18.0 Å². The number of alkyl halides is 6. The molecule has 0 saturated heterocycles. The molecule has 3 amide bonds. The summed E-state index contributed by atoms with van der Waals surface area (Å²) in [6, 6.07) is 15.1. The number of anilines is 1. The molecule has 2 aromatic rings. The van der Waals surface area contributed by atoms with Crippen molar-refractivity contribution in [1.82, 2.24) is 5.32 Å². The second kappa shape index (κ2) is 11.7. The molecule has 0 radical (unpaired) electrons. The molecule has 1 aliphatic heterocycles. The first-order valence-corrected chi connectivity index (χ1v) is 11.5. The summed E-state index contributed by atoms with van der Waals surface area (Å²) in [7, 11) is 0. The molecular formula is C25H24F6N4O3. The van der Waals surface area contributed by atoms with Crippen molar-refractivity contribution in [2.75, 3.05) is 5.32 Å². The third-order valence-electron chi connectivity index (χ3n) is 5.94. The first kappa shape index (κ1) is 28.7. The van der Waals surface area contributed by atoms with Crippen molar-refractivity contribution in [2.45, 2.75) is 44.2 Å². The van der Waals surface area contributed by atoms with Crippen molar-refractivity contribution in [1.29, 1.82) is 0 Å². The Hall–Kier alpha value is -3.90. The van der Waals surface area contributed by atoms with Crippen LogP contribution in [0.3, 0.4) is 0 Å². The Balaban J connectivity index is 1.96. The van der Waals surface area contributed by atoms with Crippen LogP contribution in [0.5, 0.6) is 0 Å². The van der Waals surface area contributed by atoms with Gasteiger partial charge in [-0.2, -0.15) is 26.3 Å². The van der Waals surface area contributed by atoms with E-state index in [2.05, 4.69) is 15.6 Å². The molecule has 0 unspecified atom stereocenters. The topological polar surface area (TPSA) is 114 Å². The number of benzodiazepines with no additional fused rings is 1. The molecule has 1 aliphatic rings. The number of aliphatic imine (C=N–C) groups is 1. The molecule has 3 rings (SSSR count). The molecule has 0 bridgehead atoms. The van der Waals surface area contributed by atoms with Gasteiger partial charge in [0.1, 0.15) is 0 Å². The van der Waals surface area contributed by atoms with Gasteiger partial charge in [0, 0.05) is 35.8 Å². The number of primary amides is 1. The molecule has 2 aromatic carbocycles. The monoisotopic (exact) mass is 542 g/mol. The number of nitrogens with zero attached hydrogens (tertiary/aromatic N) is 1. The van der Waals surface area contributed by atoms with E-state index >= 15 is 0 Å². The summed E-state index contributed by atoms with van der Waals surface area (Å²) in [4.78, 5) is 42.4. The minimum Gasteiger partial charge on any atom is -0.369 e. The predicted octanol–water partition coefficient (Wildman–Crippen LogP) is 4.32. The van der Waals surface area contributed by atoms with E-state index in [1.54, 1.807) is 54.6 Å². The molecule has 0 aliphatic carbocycles. The number of para-hydroxylation sites is 1. The van der Waals surface area contributed by atoms with Gasteiger partial charge in [-0.15, -0.1) is 0 Å². The Morgan fingerprint density at radius 3 is 2.03 bits per heavy atom. The Morgan fingerprint density at radius 1 is 0.895 bits per heavy atom. The lowest BCUT2D eigenvalue weighted by Gasteiger charge is -2.26. The van der Waals surface area contributed by atoms with Gasteiger partial charge in [0.15, 0.2) is 0 Å². The number of benzene rings is 2. The van der Waals surface area contributed by atoms with Gasteiger partial charge in [-0.1, -0.05) is 48.5 Å². The van der Waals surface area contributed by atoms with Gasteiger partial charge >= 0.3 is 12.4 Å². The molecule has 1 heterocycles. The molecular weight excluding hydrogens is 518 g/mol. The number of fused-ring (bicyclic) bond motifs is 1. The van der Waals surface area contributed by atoms with Crippen LogP contribution >= 0.6 is 0 Å². The Bertz CT molecular complexity index is 1200. The number of halogens is 6. The number of nitrogens with two attached hydrogens (primary N) is 1. The number of hydrogen-bond acceptors (Lipinski definition) is 4. The largest absolute Gasteiger partial charge is 0.389 e. The van der Waals surface area contributed by atoms with Gasteiger partial charge in [-0.05, 0) is 18.9 Å². The zero-order chi connectivity index (χ0) is 28.1. The fourth-order valence-electron chi connectivity index (χ4n) is 4.12. The van der Waals surface area contributed by atoms with Gasteiger partial charge in [-0.25, -0.2) is 4.99 Å². The summed E-state index contributed by atoms with van der Waals surface area (Å²) in [6.07, 6.45) is -16.2. The van der Waals surface area contributed by atoms with Crippen molar-refractivity contribution in [3.05, 3.63) is 65.7 Å². The van der Waals surface area contributed by atoms with E-state index in [4.69, 9.17) is 5.73 Å². The summed E-state index contributed by atoms with van der Waals surface area (Å²) in [6.45, 7) is 0. The van der Waals surface area contributed by atoms with E-state index < -0.39 is 73.8 Å². The third-order valence-corrected chi connectivity index (χ3v) is 5.94. The number of carbonyl (C=O) groups excluding carboxylic acids is 3. The lowest BCUT2D eigenvalue weighted by atomic mass is 9.83. The van der Waals surface area contributed by atoms with Gasteiger partial charge in [0.25, 0.3) is 5.91 Å². The van der Waals surface area contributed by atoms with Crippen LogP contribution in [0, 0.1) is 11.8 Å². The summed E-state index contributed by atoms with van der Waals surface area (Å²) >= 11 is 0. The van der Waals surface area contributed by atoms with Crippen LogP contribution in [-0.2, 0) is 14.4 Å². The van der Waals surface area contributed by atoms with Crippen LogP contribution < -0.4 is 16.4 Å². The van der Waals surface area contributed by atoms with Crippen molar-refractivity contribution >= 4 is 29.1 Å². The smallest absolute Gasteiger partial charge is 0.369 e. The molecule has 38 heavy (non-hydrogen) atoms. The highest BCUT2D eigenvalue weighted by Crippen LogP contribution is 2.33. The van der Waals surface area contributed by atoms with Crippen molar-refractivity contribution in [3.63, 3.8) is 0 Å². The first-order valence-electron chi connectivity index (χ1n) is 11.5. The highest BCUT2D eigenvalue weighted by atomic mass is 19.4. The van der Waals surface area contributed by atoms with Crippen LogP contribution in [0.1, 0.15) is 36.8 Å². The molecule has 0 saturated carbocycles. The molecule has 3 atom stereocenters. The van der Waals surface area contributed by atoms with Crippen LogP contribution in [0.25, 0.3) is 0 Å². The summed E-state index contributed by atoms with van der Waals surface area (Å²) in [5.74, 6) is -7.18. The third kappa shape index (κ3) is 7.80. The van der Waals surface area contributed by atoms with Crippen molar-refractivity contribution in [3.8, 4) is 0 Å². The van der Waals surface area contributed by atoms with E-state index in [0.29, 0.717) is 16.8 Å². The normalized spacial score (nSPS) is 17.4. The lowest BCUT2D eigenvalue weighted by molar-refractivity contribution is -0.152. The fraction of sp³-hybridized carbons (Fsp3) is 0.360. The molecule has 0 aromatic heterocycles. The number of hydrogen-bond donors (Lipinski definition) is 3. The zero-order valence-corrected chi connectivity index (χ0v) is 19.8. The Kier molecular flexibility index (Phi) is 8.79. The molecule has 0 spiro atoms. The summed E-state index contributed by atoms with van der Waals surface area (Å²) in [5.41, 5.74) is 6.90. The SMILES string of the molecule is NC(=O)[C@@H](CCC(F)(F)F)[C@@H](CCC(F)(F)F)C(=O)N[C@H]1N=C(c2ccccc2)c2ccccc2NC1=O. The molecule has 0 fully saturated rings. The predicted molar refractivity (Wildman–Crippen MR) is 126 cm³/mol. The van der Waals surface area contributed by atoms with Gasteiger partial charge in [0.05, 0.1) is 11.4 Å². The maximum absolute atomic E-state index is 13.2. The van der Waals surface area contributed by atoms with Crippen molar-refractivity contribution < 1.29 is 40.7 Å². The molecule has 204 valence electrons. The maximum atomic E-state index is 13.2. The second-order valence-corrected chi connectivity index (χ2v) is 8.71. The van der Waals surface area contributed by atoms with Crippen molar-refractivity contribution in [2.24, 2.45) is 22.6 Å². The van der Waals surface area contributed by atoms with E-state index in [1.807, 2.05) is 0 Å². The lowest BCUT2D eigenvalue weighted by Crippen LogP contribution is -2.48. The van der Waals surface area contributed by atoms with Gasteiger partial charge in [-0.3, -0.25) is 14.4 Å².